The van der Waals surface area contributed by atoms with Gasteiger partial charge in [0.25, 0.3) is 0 Å². The molecular weight excluding hydrogens is 244 g/mol. The van der Waals surface area contributed by atoms with Crippen molar-refractivity contribution in [2.75, 3.05) is 6.54 Å². The average Bonchev–Trinajstić information content (AvgIpc) is 2.85. The molecule has 4 nitrogen and oxygen atoms in total. The van der Waals surface area contributed by atoms with E-state index in [2.05, 4.69) is 42.2 Å². The number of aromatic nitrogens is 3. The Balaban J connectivity index is 1.87. The lowest BCUT2D eigenvalue weighted by Crippen LogP contribution is -2.22. The number of hydrogen-bond donors (Lipinski definition) is 1. The van der Waals surface area contributed by atoms with Gasteiger partial charge >= 0.3 is 0 Å². The fourth-order valence-corrected chi connectivity index (χ4v) is 3.02. The highest BCUT2D eigenvalue weighted by Crippen LogP contribution is 2.22. The molecule has 0 bridgehead atoms. The molecule has 0 aliphatic carbocycles. The van der Waals surface area contributed by atoms with E-state index in [1.54, 1.807) is 11.3 Å². The summed E-state index contributed by atoms with van der Waals surface area (Å²) in [6, 6.07) is 2.37. The molecule has 0 saturated carbocycles. The van der Waals surface area contributed by atoms with Crippen molar-refractivity contribution in [2.24, 2.45) is 7.05 Å². The van der Waals surface area contributed by atoms with Crippen molar-refractivity contribution in [3.63, 3.8) is 0 Å². The Morgan fingerprint density at radius 2 is 2.22 bits per heavy atom. The van der Waals surface area contributed by atoms with E-state index in [1.807, 2.05) is 17.9 Å². The Morgan fingerprint density at radius 1 is 1.44 bits per heavy atom. The molecule has 5 heteroatoms. The summed E-state index contributed by atoms with van der Waals surface area (Å²) in [6.07, 6.45) is 2.83. The highest BCUT2D eigenvalue weighted by Gasteiger charge is 2.12. The van der Waals surface area contributed by atoms with E-state index in [-0.39, 0.29) is 0 Å². The van der Waals surface area contributed by atoms with E-state index < -0.39 is 0 Å². The van der Waals surface area contributed by atoms with Gasteiger partial charge in [0, 0.05) is 42.8 Å². The van der Waals surface area contributed by atoms with Crippen LogP contribution in [0.1, 0.15) is 34.2 Å². The Bertz CT molecular complexity index is 515. The summed E-state index contributed by atoms with van der Waals surface area (Å²) in [5, 5.41) is 8.83. The van der Waals surface area contributed by atoms with Gasteiger partial charge in [0.2, 0.25) is 0 Å². The lowest BCUT2D eigenvalue weighted by atomic mass is 10.2. The molecule has 1 unspecified atom stereocenters. The average molecular weight is 264 g/mol. The molecule has 2 rings (SSSR count). The molecule has 2 aromatic rings. The van der Waals surface area contributed by atoms with Crippen LogP contribution in [-0.2, 0) is 13.5 Å². The maximum atomic E-state index is 4.58. The zero-order chi connectivity index (χ0) is 13.1. The molecule has 1 N–H and O–H groups in total. The summed E-state index contributed by atoms with van der Waals surface area (Å²) in [5.74, 6) is 0. The summed E-state index contributed by atoms with van der Waals surface area (Å²) in [4.78, 5) is 5.89. The van der Waals surface area contributed by atoms with Crippen molar-refractivity contribution >= 4 is 11.3 Å². The SMILES string of the molecule is Cc1nc(C(C)NCCc2ccnn2C)c(C)s1. The van der Waals surface area contributed by atoms with Gasteiger partial charge in [0.1, 0.15) is 0 Å². The molecule has 0 aliphatic heterocycles. The van der Waals surface area contributed by atoms with Gasteiger partial charge in [-0.3, -0.25) is 4.68 Å². The van der Waals surface area contributed by atoms with Crippen LogP contribution in [-0.4, -0.2) is 21.3 Å². The number of hydrogen-bond acceptors (Lipinski definition) is 4. The predicted octanol–water partition coefficient (Wildman–Crippen LogP) is 2.39. The molecule has 18 heavy (non-hydrogen) atoms. The van der Waals surface area contributed by atoms with Crippen LogP contribution in [0.25, 0.3) is 0 Å². The molecule has 0 aliphatic rings. The Labute approximate surface area is 112 Å². The molecule has 0 radical (unpaired) electrons. The van der Waals surface area contributed by atoms with Crippen LogP contribution in [0, 0.1) is 13.8 Å². The predicted molar refractivity (Wildman–Crippen MR) is 74.9 cm³/mol. The number of nitrogens with one attached hydrogen (secondary N) is 1. The van der Waals surface area contributed by atoms with Crippen LogP contribution in [0.5, 0.6) is 0 Å². The Kier molecular flexibility index (Phi) is 4.14. The first-order valence-corrected chi connectivity index (χ1v) is 7.03. The van der Waals surface area contributed by atoms with Crippen molar-refractivity contribution in [1.82, 2.24) is 20.1 Å². The van der Waals surface area contributed by atoms with Gasteiger partial charge in [-0.2, -0.15) is 5.10 Å². The normalized spacial score (nSPS) is 12.9. The zero-order valence-corrected chi connectivity index (χ0v) is 12.2. The first-order chi connectivity index (χ1) is 8.58. The summed E-state index contributed by atoms with van der Waals surface area (Å²) >= 11 is 1.77. The van der Waals surface area contributed by atoms with Crippen LogP contribution in [0.3, 0.4) is 0 Å². The molecule has 0 amide bonds. The summed E-state index contributed by atoms with van der Waals surface area (Å²) < 4.78 is 1.92. The lowest BCUT2D eigenvalue weighted by molar-refractivity contribution is 0.553. The van der Waals surface area contributed by atoms with E-state index in [9.17, 15) is 0 Å². The molecule has 0 saturated heterocycles. The Morgan fingerprint density at radius 3 is 2.78 bits per heavy atom. The van der Waals surface area contributed by atoms with Gasteiger partial charge in [0.15, 0.2) is 0 Å². The quantitative estimate of drug-likeness (QED) is 0.901. The third kappa shape index (κ3) is 2.97. The van der Waals surface area contributed by atoms with Crippen molar-refractivity contribution in [1.29, 1.82) is 0 Å². The van der Waals surface area contributed by atoms with Gasteiger partial charge in [-0.25, -0.2) is 4.98 Å². The maximum absolute atomic E-state index is 4.58. The van der Waals surface area contributed by atoms with Crippen LogP contribution in [0.15, 0.2) is 12.3 Å². The molecule has 2 aromatic heterocycles. The van der Waals surface area contributed by atoms with Gasteiger partial charge < -0.3 is 5.32 Å². The smallest absolute Gasteiger partial charge is 0.0900 e. The number of rotatable bonds is 5. The molecule has 2 heterocycles. The van der Waals surface area contributed by atoms with E-state index in [4.69, 9.17) is 0 Å². The van der Waals surface area contributed by atoms with Gasteiger partial charge in [-0.1, -0.05) is 0 Å². The van der Waals surface area contributed by atoms with E-state index in [0.29, 0.717) is 6.04 Å². The third-order valence-electron chi connectivity index (χ3n) is 3.10. The molecule has 1 atom stereocenters. The fraction of sp³-hybridized carbons (Fsp3) is 0.538. The topological polar surface area (TPSA) is 42.7 Å². The van der Waals surface area contributed by atoms with Crippen molar-refractivity contribution in [3.05, 3.63) is 33.5 Å². The second-order valence-corrected chi connectivity index (χ2v) is 5.95. The summed E-state index contributed by atoms with van der Waals surface area (Å²) in [7, 11) is 1.98. The van der Waals surface area contributed by atoms with Crippen LogP contribution < -0.4 is 5.32 Å². The van der Waals surface area contributed by atoms with Crippen molar-refractivity contribution in [2.45, 2.75) is 33.2 Å². The van der Waals surface area contributed by atoms with Gasteiger partial charge in [-0.15, -0.1) is 11.3 Å². The van der Waals surface area contributed by atoms with Crippen molar-refractivity contribution < 1.29 is 0 Å². The second-order valence-electron chi connectivity index (χ2n) is 4.55. The third-order valence-corrected chi connectivity index (χ3v) is 4.01. The highest BCUT2D eigenvalue weighted by atomic mass is 32.1. The van der Waals surface area contributed by atoms with Crippen LogP contribution in [0.4, 0.5) is 0 Å². The lowest BCUT2D eigenvalue weighted by Gasteiger charge is -2.12. The summed E-state index contributed by atoms with van der Waals surface area (Å²) in [5.41, 5.74) is 2.43. The molecule has 0 aromatic carbocycles. The zero-order valence-electron chi connectivity index (χ0n) is 11.4. The maximum Gasteiger partial charge on any atom is 0.0900 e. The summed E-state index contributed by atoms with van der Waals surface area (Å²) in [6.45, 7) is 7.31. The number of nitrogens with zero attached hydrogens (tertiary/aromatic N) is 3. The van der Waals surface area contributed by atoms with E-state index in [0.717, 1.165) is 18.0 Å². The minimum Gasteiger partial charge on any atom is -0.308 e. The van der Waals surface area contributed by atoms with Crippen LogP contribution >= 0.6 is 11.3 Å². The standard InChI is InChI=1S/C13H20N4S/c1-9(13-10(2)18-11(3)16-13)14-7-5-12-6-8-15-17(12)4/h6,8-9,14H,5,7H2,1-4H3. The number of thiazole rings is 1. The number of aryl methyl sites for hydroxylation is 3. The van der Waals surface area contributed by atoms with Gasteiger partial charge in [-0.05, 0) is 26.8 Å². The fourth-order valence-electron chi connectivity index (χ4n) is 2.11. The molecule has 98 valence electrons. The first kappa shape index (κ1) is 13.2. The van der Waals surface area contributed by atoms with Gasteiger partial charge in [0.05, 0.1) is 10.7 Å². The molecule has 0 fully saturated rings. The molecular formula is C13H20N4S. The van der Waals surface area contributed by atoms with E-state index >= 15 is 0 Å². The van der Waals surface area contributed by atoms with E-state index in [1.165, 1.54) is 16.3 Å². The molecule has 0 spiro atoms. The first-order valence-electron chi connectivity index (χ1n) is 6.22. The van der Waals surface area contributed by atoms with Crippen molar-refractivity contribution in [3.8, 4) is 0 Å². The minimum absolute atomic E-state index is 0.308. The largest absolute Gasteiger partial charge is 0.308 e. The Hall–Kier alpha value is -1.20. The second kappa shape index (κ2) is 5.63. The monoisotopic (exact) mass is 264 g/mol. The van der Waals surface area contributed by atoms with Crippen LogP contribution in [0.2, 0.25) is 0 Å². The minimum atomic E-state index is 0.308. The highest BCUT2D eigenvalue weighted by molar-refractivity contribution is 7.11.